The van der Waals surface area contributed by atoms with Crippen LogP contribution in [0.5, 0.6) is 0 Å². The first-order valence-electron chi connectivity index (χ1n) is 5.97. The van der Waals surface area contributed by atoms with Gasteiger partial charge in [0, 0.05) is 11.8 Å². The second kappa shape index (κ2) is 3.07. The third-order valence-electron chi connectivity index (χ3n) is 3.89. The molecule has 2 fully saturated rings. The summed E-state index contributed by atoms with van der Waals surface area (Å²) >= 11 is 0. The summed E-state index contributed by atoms with van der Waals surface area (Å²) in [4.78, 5) is 12.2. The third-order valence-corrected chi connectivity index (χ3v) is 3.89. The molecule has 15 heavy (non-hydrogen) atoms. The zero-order valence-corrected chi connectivity index (χ0v) is 10.5. The van der Waals surface area contributed by atoms with Crippen LogP contribution in [0.15, 0.2) is 0 Å². The Hall–Kier alpha value is -0.370. The average molecular weight is 210 g/mol. The Balaban J connectivity index is 2.12. The van der Waals surface area contributed by atoms with Crippen molar-refractivity contribution in [1.29, 1.82) is 0 Å². The minimum Gasteiger partial charge on any atom is -0.369 e. The van der Waals surface area contributed by atoms with Gasteiger partial charge in [-0.1, -0.05) is 6.92 Å². The summed E-state index contributed by atoms with van der Waals surface area (Å²) in [5.74, 6) is 1.48. The SMILES string of the molecule is CC1CC1C(=O)C1CC(C)(C)OC1(C)C. The predicted octanol–water partition coefficient (Wildman–Crippen LogP) is 2.81. The lowest BCUT2D eigenvalue weighted by atomic mass is 9.82. The van der Waals surface area contributed by atoms with Crippen LogP contribution >= 0.6 is 0 Å². The predicted molar refractivity (Wildman–Crippen MR) is 59.6 cm³/mol. The maximum absolute atomic E-state index is 12.2. The van der Waals surface area contributed by atoms with Crippen LogP contribution < -0.4 is 0 Å². The van der Waals surface area contributed by atoms with Gasteiger partial charge in [0.2, 0.25) is 0 Å². The fraction of sp³-hybridized carbons (Fsp3) is 0.923. The van der Waals surface area contributed by atoms with Crippen molar-refractivity contribution in [2.45, 2.75) is 58.7 Å². The first-order valence-corrected chi connectivity index (χ1v) is 5.97. The molecule has 0 radical (unpaired) electrons. The fourth-order valence-corrected chi connectivity index (χ4v) is 2.98. The number of hydrogen-bond acceptors (Lipinski definition) is 2. The van der Waals surface area contributed by atoms with Crippen LogP contribution in [0.25, 0.3) is 0 Å². The average Bonchev–Trinajstić information content (AvgIpc) is 2.69. The number of hydrogen-bond donors (Lipinski definition) is 0. The van der Waals surface area contributed by atoms with Gasteiger partial charge in [-0.3, -0.25) is 4.79 Å². The van der Waals surface area contributed by atoms with E-state index in [0.29, 0.717) is 17.6 Å². The summed E-state index contributed by atoms with van der Waals surface area (Å²) < 4.78 is 5.96. The Morgan fingerprint density at radius 2 is 1.80 bits per heavy atom. The van der Waals surface area contributed by atoms with E-state index >= 15 is 0 Å². The minimum atomic E-state index is -0.275. The Morgan fingerprint density at radius 1 is 1.27 bits per heavy atom. The maximum Gasteiger partial charge on any atom is 0.142 e. The maximum atomic E-state index is 12.2. The highest BCUT2D eigenvalue weighted by Gasteiger charge is 2.53. The Bertz CT molecular complexity index is 291. The van der Waals surface area contributed by atoms with E-state index < -0.39 is 0 Å². The van der Waals surface area contributed by atoms with Crippen molar-refractivity contribution in [2.24, 2.45) is 17.8 Å². The van der Waals surface area contributed by atoms with Gasteiger partial charge in [0.1, 0.15) is 5.78 Å². The number of carbonyl (C=O) groups is 1. The molecule has 86 valence electrons. The van der Waals surface area contributed by atoms with Gasteiger partial charge in [-0.2, -0.15) is 0 Å². The van der Waals surface area contributed by atoms with E-state index in [4.69, 9.17) is 4.74 Å². The molecule has 0 aromatic heterocycles. The zero-order chi connectivity index (χ0) is 11.4. The van der Waals surface area contributed by atoms with Gasteiger partial charge in [-0.25, -0.2) is 0 Å². The summed E-state index contributed by atoms with van der Waals surface area (Å²) in [5, 5.41) is 0. The molecule has 2 heteroatoms. The van der Waals surface area contributed by atoms with Crippen LogP contribution in [-0.2, 0) is 9.53 Å². The van der Waals surface area contributed by atoms with Crippen LogP contribution in [0.3, 0.4) is 0 Å². The van der Waals surface area contributed by atoms with Gasteiger partial charge in [0.05, 0.1) is 11.2 Å². The molecule has 1 saturated heterocycles. The van der Waals surface area contributed by atoms with Gasteiger partial charge in [-0.15, -0.1) is 0 Å². The molecule has 1 saturated carbocycles. The van der Waals surface area contributed by atoms with Crippen molar-refractivity contribution >= 4 is 5.78 Å². The molecule has 3 atom stereocenters. The molecule has 0 bridgehead atoms. The van der Waals surface area contributed by atoms with E-state index in [2.05, 4.69) is 34.6 Å². The molecular formula is C13H22O2. The molecule has 1 heterocycles. The van der Waals surface area contributed by atoms with E-state index in [9.17, 15) is 4.79 Å². The summed E-state index contributed by atoms with van der Waals surface area (Å²) in [6, 6.07) is 0. The fourth-order valence-electron chi connectivity index (χ4n) is 2.98. The number of rotatable bonds is 2. The molecule has 2 nitrogen and oxygen atoms in total. The Labute approximate surface area is 92.4 Å². The Morgan fingerprint density at radius 3 is 2.13 bits per heavy atom. The molecular weight excluding hydrogens is 188 g/mol. The van der Waals surface area contributed by atoms with Crippen LogP contribution in [0, 0.1) is 17.8 Å². The highest BCUT2D eigenvalue weighted by molar-refractivity contribution is 5.87. The molecule has 0 aromatic rings. The number of carbonyl (C=O) groups excluding carboxylic acids is 1. The number of ketones is 1. The number of ether oxygens (including phenoxy) is 1. The monoisotopic (exact) mass is 210 g/mol. The smallest absolute Gasteiger partial charge is 0.142 e. The van der Waals surface area contributed by atoms with E-state index in [1.54, 1.807) is 0 Å². The second-order valence-corrected chi connectivity index (χ2v) is 6.44. The molecule has 1 aliphatic heterocycles. The molecule has 3 unspecified atom stereocenters. The zero-order valence-electron chi connectivity index (χ0n) is 10.5. The van der Waals surface area contributed by atoms with Crippen molar-refractivity contribution in [3.05, 3.63) is 0 Å². The summed E-state index contributed by atoms with van der Waals surface area (Å²) in [6.45, 7) is 10.4. The Kier molecular flexibility index (Phi) is 2.27. The van der Waals surface area contributed by atoms with Crippen LogP contribution in [0.1, 0.15) is 47.5 Å². The first kappa shape index (κ1) is 11.1. The standard InChI is InChI=1S/C13H22O2/c1-8-6-9(8)11(14)10-7-12(2,3)15-13(10,4)5/h8-10H,6-7H2,1-5H3. The van der Waals surface area contributed by atoms with E-state index in [0.717, 1.165) is 12.8 Å². The van der Waals surface area contributed by atoms with E-state index in [-0.39, 0.29) is 17.1 Å². The van der Waals surface area contributed by atoms with Crippen molar-refractivity contribution in [2.75, 3.05) is 0 Å². The van der Waals surface area contributed by atoms with Crippen molar-refractivity contribution in [1.82, 2.24) is 0 Å². The van der Waals surface area contributed by atoms with Crippen LogP contribution in [0.2, 0.25) is 0 Å². The molecule has 0 N–H and O–H groups in total. The van der Waals surface area contributed by atoms with Gasteiger partial charge < -0.3 is 4.74 Å². The summed E-state index contributed by atoms with van der Waals surface area (Å²) in [7, 11) is 0. The second-order valence-electron chi connectivity index (χ2n) is 6.44. The van der Waals surface area contributed by atoms with Crippen molar-refractivity contribution in [3.63, 3.8) is 0 Å². The summed E-state index contributed by atoms with van der Waals surface area (Å²) in [5.41, 5.74) is -0.412. The minimum absolute atomic E-state index is 0.0995. The van der Waals surface area contributed by atoms with Gasteiger partial charge >= 0.3 is 0 Å². The normalized spacial score (nSPS) is 41.5. The van der Waals surface area contributed by atoms with Crippen molar-refractivity contribution < 1.29 is 9.53 Å². The highest BCUT2D eigenvalue weighted by atomic mass is 16.5. The highest BCUT2D eigenvalue weighted by Crippen LogP contribution is 2.48. The van der Waals surface area contributed by atoms with Crippen LogP contribution in [0.4, 0.5) is 0 Å². The quantitative estimate of drug-likeness (QED) is 0.700. The van der Waals surface area contributed by atoms with Gasteiger partial charge in [0.15, 0.2) is 0 Å². The lowest BCUT2D eigenvalue weighted by Gasteiger charge is -2.26. The molecule has 2 rings (SSSR count). The lowest BCUT2D eigenvalue weighted by molar-refractivity contribution is -0.130. The molecule has 0 aromatic carbocycles. The van der Waals surface area contributed by atoms with E-state index in [1.807, 2.05) is 0 Å². The van der Waals surface area contributed by atoms with Gasteiger partial charge in [0.25, 0.3) is 0 Å². The lowest BCUT2D eigenvalue weighted by Crippen LogP contribution is -2.34. The molecule has 2 aliphatic rings. The molecule has 0 amide bonds. The largest absolute Gasteiger partial charge is 0.369 e. The van der Waals surface area contributed by atoms with Gasteiger partial charge in [-0.05, 0) is 46.5 Å². The third kappa shape index (κ3) is 1.96. The first-order chi connectivity index (χ1) is 6.73. The van der Waals surface area contributed by atoms with Crippen LogP contribution in [-0.4, -0.2) is 17.0 Å². The molecule has 0 spiro atoms. The van der Waals surface area contributed by atoms with E-state index in [1.165, 1.54) is 0 Å². The summed E-state index contributed by atoms with van der Waals surface area (Å²) in [6.07, 6.45) is 1.97. The number of Topliss-reactive ketones (excluding diaryl/α,β-unsaturated/α-hetero) is 1. The topological polar surface area (TPSA) is 26.3 Å². The molecule has 1 aliphatic carbocycles. The van der Waals surface area contributed by atoms with Crippen molar-refractivity contribution in [3.8, 4) is 0 Å².